The second kappa shape index (κ2) is 3.10. The maximum Gasteiger partial charge on any atom is 0.108 e. The van der Waals surface area contributed by atoms with Crippen LogP contribution in [0.2, 0.25) is 0 Å². The molecule has 0 N–H and O–H groups in total. The van der Waals surface area contributed by atoms with Crippen molar-refractivity contribution in [3.8, 4) is 11.3 Å². The largest absolute Gasteiger partial charge is 0.262 e. The number of hydrogen-bond acceptors (Lipinski definition) is 3. The van der Waals surface area contributed by atoms with Crippen LogP contribution in [0.4, 0.5) is 0 Å². The number of benzene rings is 1. The first kappa shape index (κ1) is 8.82. The molecule has 3 aromatic rings. The molecule has 2 aromatic heterocycles. The van der Waals surface area contributed by atoms with Gasteiger partial charge in [-0.05, 0) is 11.6 Å². The minimum atomic E-state index is 0.864. The van der Waals surface area contributed by atoms with Gasteiger partial charge < -0.3 is 0 Å². The van der Waals surface area contributed by atoms with E-state index in [0.717, 1.165) is 28.8 Å². The Hall–Kier alpha value is -2.29. The molecule has 2 heterocycles. The van der Waals surface area contributed by atoms with Crippen LogP contribution in [0.5, 0.6) is 0 Å². The monoisotopic (exact) mass is 219 g/mol. The minimum Gasteiger partial charge on any atom is -0.262 e. The van der Waals surface area contributed by atoms with Crippen LogP contribution >= 0.6 is 0 Å². The Bertz CT molecular complexity index is 734. The highest BCUT2D eigenvalue weighted by atomic mass is 14.9. The lowest BCUT2D eigenvalue weighted by atomic mass is 10.1. The van der Waals surface area contributed by atoms with Crippen LogP contribution in [0.3, 0.4) is 0 Å². The number of nitrogens with zero attached hydrogens (tertiary/aromatic N) is 3. The second-order valence-electron chi connectivity index (χ2n) is 4.22. The molecule has 1 aliphatic rings. The first-order valence-corrected chi connectivity index (χ1v) is 5.61. The second-order valence-corrected chi connectivity index (χ2v) is 4.22. The van der Waals surface area contributed by atoms with E-state index in [4.69, 9.17) is 0 Å². The van der Waals surface area contributed by atoms with Crippen molar-refractivity contribution in [2.24, 2.45) is 0 Å². The first-order chi connectivity index (χ1) is 8.42. The van der Waals surface area contributed by atoms with E-state index >= 15 is 0 Å². The van der Waals surface area contributed by atoms with Crippen LogP contribution in [-0.2, 0) is 6.42 Å². The molecule has 17 heavy (non-hydrogen) atoms. The first-order valence-electron chi connectivity index (χ1n) is 5.61. The van der Waals surface area contributed by atoms with Gasteiger partial charge in [-0.3, -0.25) is 4.98 Å². The number of aromatic nitrogens is 3. The number of pyridine rings is 1. The van der Waals surface area contributed by atoms with Gasteiger partial charge in [-0.25, -0.2) is 9.97 Å². The third-order valence-electron chi connectivity index (χ3n) is 3.17. The zero-order valence-corrected chi connectivity index (χ0v) is 9.09. The van der Waals surface area contributed by atoms with E-state index in [1.54, 1.807) is 12.4 Å². The summed E-state index contributed by atoms with van der Waals surface area (Å²) in [6.45, 7) is 0. The van der Waals surface area contributed by atoms with Gasteiger partial charge in [-0.2, -0.15) is 0 Å². The highest BCUT2D eigenvalue weighted by molar-refractivity contribution is 5.80. The molecule has 0 fully saturated rings. The molecule has 4 rings (SSSR count). The molecular formula is C14H9N3. The van der Waals surface area contributed by atoms with Crippen molar-refractivity contribution in [2.75, 3.05) is 0 Å². The van der Waals surface area contributed by atoms with E-state index in [2.05, 4.69) is 33.2 Å². The quantitative estimate of drug-likeness (QED) is 0.456. The molecule has 0 unspecified atom stereocenters. The fourth-order valence-electron chi connectivity index (χ4n) is 2.37. The standard InChI is InChI=1S/C14H9N3/c1-2-4-10-9(3-1)7-12-14(10)17-13-8-15-6-5-11(13)16-12/h1-6,8H,7H2. The SMILES string of the molecule is c1ccc2c(c1)Cc1nc3ccncc3nc1-2. The van der Waals surface area contributed by atoms with E-state index in [1.807, 2.05) is 12.1 Å². The lowest BCUT2D eigenvalue weighted by molar-refractivity contribution is 1.12. The highest BCUT2D eigenvalue weighted by Gasteiger charge is 2.21. The van der Waals surface area contributed by atoms with E-state index in [-0.39, 0.29) is 0 Å². The van der Waals surface area contributed by atoms with E-state index < -0.39 is 0 Å². The average molecular weight is 219 g/mol. The summed E-state index contributed by atoms with van der Waals surface area (Å²) in [5, 5.41) is 0. The van der Waals surface area contributed by atoms with E-state index in [9.17, 15) is 0 Å². The van der Waals surface area contributed by atoms with Crippen molar-refractivity contribution < 1.29 is 0 Å². The van der Waals surface area contributed by atoms with E-state index in [0.29, 0.717) is 0 Å². The minimum absolute atomic E-state index is 0.864. The van der Waals surface area contributed by atoms with Gasteiger partial charge in [-0.15, -0.1) is 0 Å². The number of rotatable bonds is 0. The Morgan fingerprint density at radius 1 is 0.941 bits per heavy atom. The topological polar surface area (TPSA) is 38.7 Å². The molecule has 1 aliphatic carbocycles. The highest BCUT2D eigenvalue weighted by Crippen LogP contribution is 2.34. The molecule has 3 heteroatoms. The van der Waals surface area contributed by atoms with Crippen molar-refractivity contribution in [2.45, 2.75) is 6.42 Å². The molecule has 3 nitrogen and oxygen atoms in total. The number of hydrogen-bond donors (Lipinski definition) is 0. The Labute approximate surface area is 98.2 Å². The average Bonchev–Trinajstić information content (AvgIpc) is 2.73. The maximum absolute atomic E-state index is 4.67. The fourth-order valence-corrected chi connectivity index (χ4v) is 2.37. The Balaban J connectivity index is 2.07. The summed E-state index contributed by atoms with van der Waals surface area (Å²) in [6, 6.07) is 10.3. The zero-order chi connectivity index (χ0) is 11.2. The molecule has 0 aliphatic heterocycles. The zero-order valence-electron chi connectivity index (χ0n) is 9.09. The van der Waals surface area contributed by atoms with Gasteiger partial charge in [0, 0.05) is 18.2 Å². The lowest BCUT2D eigenvalue weighted by Gasteiger charge is -2.01. The third kappa shape index (κ3) is 1.19. The van der Waals surface area contributed by atoms with E-state index in [1.165, 1.54) is 11.1 Å². The van der Waals surface area contributed by atoms with Crippen molar-refractivity contribution in [3.63, 3.8) is 0 Å². The Kier molecular flexibility index (Phi) is 1.61. The molecule has 1 aromatic carbocycles. The summed E-state index contributed by atoms with van der Waals surface area (Å²) in [4.78, 5) is 13.4. The van der Waals surface area contributed by atoms with Gasteiger partial charge in [-0.1, -0.05) is 24.3 Å². The van der Waals surface area contributed by atoms with Crippen LogP contribution in [0, 0.1) is 0 Å². The summed E-state index contributed by atoms with van der Waals surface area (Å²) in [5.74, 6) is 0. The van der Waals surface area contributed by atoms with Gasteiger partial charge in [0.2, 0.25) is 0 Å². The predicted octanol–water partition coefficient (Wildman–Crippen LogP) is 2.60. The molecule has 0 spiro atoms. The smallest absolute Gasteiger partial charge is 0.108 e. The molecule has 0 atom stereocenters. The van der Waals surface area contributed by atoms with Crippen LogP contribution in [0.15, 0.2) is 42.7 Å². The van der Waals surface area contributed by atoms with Gasteiger partial charge in [0.15, 0.2) is 0 Å². The molecule has 0 bridgehead atoms. The lowest BCUT2D eigenvalue weighted by Crippen LogP contribution is -1.92. The summed E-state index contributed by atoms with van der Waals surface area (Å²) < 4.78 is 0. The van der Waals surface area contributed by atoms with Crippen LogP contribution in [0.25, 0.3) is 22.3 Å². The van der Waals surface area contributed by atoms with Gasteiger partial charge in [0.05, 0.1) is 23.1 Å². The van der Waals surface area contributed by atoms with Crippen molar-refractivity contribution in [1.29, 1.82) is 0 Å². The normalized spacial score (nSPS) is 12.5. The number of fused-ring (bicyclic) bond motifs is 4. The molecule has 80 valence electrons. The molecule has 0 saturated heterocycles. The molecule has 0 amide bonds. The van der Waals surface area contributed by atoms with Gasteiger partial charge in [0.25, 0.3) is 0 Å². The summed E-state index contributed by atoms with van der Waals surface area (Å²) >= 11 is 0. The fraction of sp³-hybridized carbons (Fsp3) is 0.0714. The maximum atomic E-state index is 4.67. The van der Waals surface area contributed by atoms with Crippen molar-refractivity contribution in [3.05, 3.63) is 54.0 Å². The predicted molar refractivity (Wildman–Crippen MR) is 65.6 cm³/mol. The van der Waals surface area contributed by atoms with Crippen molar-refractivity contribution >= 4 is 11.0 Å². The van der Waals surface area contributed by atoms with Crippen LogP contribution in [-0.4, -0.2) is 15.0 Å². The van der Waals surface area contributed by atoms with Crippen molar-refractivity contribution in [1.82, 2.24) is 15.0 Å². The third-order valence-corrected chi connectivity index (χ3v) is 3.17. The summed E-state index contributed by atoms with van der Waals surface area (Å²) in [6.07, 6.45) is 4.41. The summed E-state index contributed by atoms with van der Waals surface area (Å²) in [7, 11) is 0. The summed E-state index contributed by atoms with van der Waals surface area (Å²) in [5.41, 5.74) is 6.40. The van der Waals surface area contributed by atoms with Crippen LogP contribution in [0.1, 0.15) is 11.3 Å². The van der Waals surface area contributed by atoms with Crippen LogP contribution < -0.4 is 0 Å². The van der Waals surface area contributed by atoms with Gasteiger partial charge in [0.1, 0.15) is 5.52 Å². The molecule has 0 saturated carbocycles. The van der Waals surface area contributed by atoms with Gasteiger partial charge >= 0.3 is 0 Å². The molecule has 0 radical (unpaired) electrons. The molecular weight excluding hydrogens is 210 g/mol. The Morgan fingerprint density at radius 3 is 2.88 bits per heavy atom. The Morgan fingerprint density at radius 2 is 1.88 bits per heavy atom.